The van der Waals surface area contributed by atoms with Gasteiger partial charge in [-0.15, -0.1) is 0 Å². The largest absolute Gasteiger partial charge is 0.469 e. The Labute approximate surface area is 126 Å². The zero-order valence-corrected chi connectivity index (χ0v) is 12.6. The molecule has 0 aliphatic rings. The van der Waals surface area contributed by atoms with E-state index in [1.807, 2.05) is 36.4 Å². The van der Waals surface area contributed by atoms with E-state index in [1.54, 1.807) is 0 Å². The van der Waals surface area contributed by atoms with E-state index in [9.17, 15) is 4.79 Å². The Bertz CT molecular complexity index is 581. The summed E-state index contributed by atoms with van der Waals surface area (Å²) in [5.74, 6) is -0.201. The molecule has 0 bridgehead atoms. The highest BCUT2D eigenvalue weighted by molar-refractivity contribution is 5.72. The highest BCUT2D eigenvalue weighted by Crippen LogP contribution is 2.14. The fourth-order valence-corrected chi connectivity index (χ4v) is 2.35. The van der Waals surface area contributed by atoms with Gasteiger partial charge in [0.1, 0.15) is 0 Å². The molecule has 0 radical (unpaired) electrons. The molecule has 0 aliphatic carbocycles. The third kappa shape index (κ3) is 4.72. The van der Waals surface area contributed by atoms with Crippen molar-refractivity contribution in [2.24, 2.45) is 0 Å². The van der Waals surface area contributed by atoms with Gasteiger partial charge >= 0.3 is 5.97 Å². The molecule has 3 heteroatoms. The van der Waals surface area contributed by atoms with Gasteiger partial charge in [-0.2, -0.15) is 0 Å². The average Bonchev–Trinajstić information content (AvgIpc) is 2.50. The van der Waals surface area contributed by atoms with Gasteiger partial charge in [0, 0.05) is 13.1 Å². The van der Waals surface area contributed by atoms with Gasteiger partial charge in [0.15, 0.2) is 0 Å². The molecular formula is C18H21NO2. The van der Waals surface area contributed by atoms with E-state index in [1.165, 1.54) is 18.2 Å². The van der Waals surface area contributed by atoms with Gasteiger partial charge in [-0.25, -0.2) is 0 Å². The van der Waals surface area contributed by atoms with Crippen molar-refractivity contribution >= 4 is 5.97 Å². The van der Waals surface area contributed by atoms with Gasteiger partial charge in [0.05, 0.1) is 13.5 Å². The van der Waals surface area contributed by atoms with Crippen molar-refractivity contribution in [3.63, 3.8) is 0 Å². The molecule has 21 heavy (non-hydrogen) atoms. The zero-order valence-electron chi connectivity index (χ0n) is 12.6. The van der Waals surface area contributed by atoms with E-state index in [-0.39, 0.29) is 5.97 Å². The molecule has 110 valence electrons. The van der Waals surface area contributed by atoms with E-state index in [0.717, 1.165) is 18.7 Å². The molecule has 3 nitrogen and oxygen atoms in total. The quantitative estimate of drug-likeness (QED) is 0.763. The maximum Gasteiger partial charge on any atom is 0.309 e. The Balaban J connectivity index is 2.03. The Morgan fingerprint density at radius 3 is 2.24 bits per heavy atom. The lowest BCUT2D eigenvalue weighted by molar-refractivity contribution is -0.139. The molecule has 0 unspecified atom stereocenters. The third-order valence-corrected chi connectivity index (χ3v) is 3.42. The molecule has 0 amide bonds. The van der Waals surface area contributed by atoms with Crippen molar-refractivity contribution in [2.75, 3.05) is 14.2 Å². The van der Waals surface area contributed by atoms with Crippen LogP contribution in [0, 0.1) is 0 Å². The van der Waals surface area contributed by atoms with Crippen molar-refractivity contribution in [1.29, 1.82) is 0 Å². The first kappa shape index (κ1) is 15.3. The number of esters is 1. The molecule has 2 rings (SSSR count). The van der Waals surface area contributed by atoms with Crippen LogP contribution in [0.4, 0.5) is 0 Å². The molecular weight excluding hydrogens is 262 g/mol. The van der Waals surface area contributed by atoms with E-state index in [0.29, 0.717) is 6.42 Å². The van der Waals surface area contributed by atoms with Crippen molar-refractivity contribution in [3.8, 4) is 0 Å². The van der Waals surface area contributed by atoms with Crippen LogP contribution < -0.4 is 0 Å². The smallest absolute Gasteiger partial charge is 0.309 e. The number of nitrogens with zero attached hydrogens (tertiary/aromatic N) is 1. The zero-order chi connectivity index (χ0) is 15.1. The molecule has 0 fully saturated rings. The van der Waals surface area contributed by atoms with E-state index in [4.69, 9.17) is 4.74 Å². The Morgan fingerprint density at radius 1 is 0.952 bits per heavy atom. The summed E-state index contributed by atoms with van der Waals surface area (Å²) < 4.78 is 4.76. The fraction of sp³-hybridized carbons (Fsp3) is 0.278. The molecule has 0 saturated carbocycles. The number of benzene rings is 2. The van der Waals surface area contributed by atoms with E-state index >= 15 is 0 Å². The monoisotopic (exact) mass is 283 g/mol. The number of rotatable bonds is 6. The van der Waals surface area contributed by atoms with Gasteiger partial charge in [-0.05, 0) is 23.7 Å². The number of methoxy groups -OCH3 is 1. The summed E-state index contributed by atoms with van der Waals surface area (Å²) >= 11 is 0. The second-order valence-corrected chi connectivity index (χ2v) is 5.18. The first-order valence-corrected chi connectivity index (χ1v) is 7.05. The predicted octanol–water partition coefficient (Wildman–Crippen LogP) is 3.03. The van der Waals surface area contributed by atoms with Gasteiger partial charge in [-0.1, -0.05) is 54.6 Å². The SMILES string of the molecule is COC(=O)Cc1ccccc1CN(C)Cc1ccccc1. The molecule has 0 aromatic heterocycles. The Kier molecular flexibility index (Phi) is 5.52. The van der Waals surface area contributed by atoms with Crippen molar-refractivity contribution < 1.29 is 9.53 Å². The van der Waals surface area contributed by atoms with Gasteiger partial charge in [-0.3, -0.25) is 9.69 Å². The standard InChI is InChI=1S/C18H21NO2/c1-19(13-15-8-4-3-5-9-15)14-17-11-7-6-10-16(17)12-18(20)21-2/h3-11H,12-14H2,1-2H3. The van der Waals surface area contributed by atoms with E-state index in [2.05, 4.69) is 30.1 Å². The minimum Gasteiger partial charge on any atom is -0.469 e. The maximum absolute atomic E-state index is 11.5. The number of hydrogen-bond donors (Lipinski definition) is 0. The normalized spacial score (nSPS) is 10.6. The highest BCUT2D eigenvalue weighted by atomic mass is 16.5. The molecule has 2 aromatic carbocycles. The van der Waals surface area contributed by atoms with Crippen LogP contribution in [0.2, 0.25) is 0 Å². The van der Waals surface area contributed by atoms with Crippen LogP contribution in [0.5, 0.6) is 0 Å². The number of ether oxygens (including phenoxy) is 1. The summed E-state index contributed by atoms with van der Waals surface area (Å²) in [6.07, 6.45) is 0.325. The first-order chi connectivity index (χ1) is 10.2. The summed E-state index contributed by atoms with van der Waals surface area (Å²) in [5.41, 5.74) is 3.48. The summed E-state index contributed by atoms with van der Waals surface area (Å²) in [6, 6.07) is 18.4. The minimum absolute atomic E-state index is 0.201. The van der Waals surface area contributed by atoms with Crippen LogP contribution in [0.25, 0.3) is 0 Å². The Morgan fingerprint density at radius 2 is 1.57 bits per heavy atom. The number of hydrogen-bond acceptors (Lipinski definition) is 3. The maximum atomic E-state index is 11.5. The lowest BCUT2D eigenvalue weighted by Crippen LogP contribution is -2.19. The second kappa shape index (κ2) is 7.60. The summed E-state index contributed by atoms with van der Waals surface area (Å²) in [6.45, 7) is 1.69. The van der Waals surface area contributed by atoms with Crippen LogP contribution in [-0.4, -0.2) is 25.0 Å². The van der Waals surface area contributed by atoms with Crippen LogP contribution in [0.3, 0.4) is 0 Å². The third-order valence-electron chi connectivity index (χ3n) is 3.42. The molecule has 0 atom stereocenters. The van der Waals surface area contributed by atoms with Gasteiger partial charge in [0.2, 0.25) is 0 Å². The van der Waals surface area contributed by atoms with E-state index < -0.39 is 0 Å². The average molecular weight is 283 g/mol. The molecule has 0 heterocycles. The number of carbonyl (C=O) groups excluding carboxylic acids is 1. The van der Waals surface area contributed by atoms with Crippen molar-refractivity contribution in [2.45, 2.75) is 19.5 Å². The van der Waals surface area contributed by atoms with Gasteiger partial charge in [0.25, 0.3) is 0 Å². The second-order valence-electron chi connectivity index (χ2n) is 5.18. The molecule has 0 N–H and O–H groups in total. The molecule has 0 saturated heterocycles. The van der Waals surface area contributed by atoms with Crippen LogP contribution in [0.15, 0.2) is 54.6 Å². The van der Waals surface area contributed by atoms with Crippen LogP contribution in [-0.2, 0) is 29.0 Å². The van der Waals surface area contributed by atoms with Crippen molar-refractivity contribution in [1.82, 2.24) is 4.90 Å². The van der Waals surface area contributed by atoms with Crippen LogP contribution >= 0.6 is 0 Å². The lowest BCUT2D eigenvalue weighted by Gasteiger charge is -2.18. The summed E-state index contributed by atoms with van der Waals surface area (Å²) in [4.78, 5) is 13.7. The van der Waals surface area contributed by atoms with Gasteiger partial charge < -0.3 is 4.74 Å². The molecule has 0 spiro atoms. The molecule has 2 aromatic rings. The van der Waals surface area contributed by atoms with Crippen LogP contribution in [0.1, 0.15) is 16.7 Å². The highest BCUT2D eigenvalue weighted by Gasteiger charge is 2.09. The number of carbonyl (C=O) groups is 1. The first-order valence-electron chi connectivity index (χ1n) is 7.05. The van der Waals surface area contributed by atoms with Crippen molar-refractivity contribution in [3.05, 3.63) is 71.3 Å². The fourth-order valence-electron chi connectivity index (χ4n) is 2.35. The Hall–Kier alpha value is -2.13. The summed E-state index contributed by atoms with van der Waals surface area (Å²) in [5, 5.41) is 0. The predicted molar refractivity (Wildman–Crippen MR) is 83.8 cm³/mol. The topological polar surface area (TPSA) is 29.5 Å². The lowest BCUT2D eigenvalue weighted by atomic mass is 10.0. The molecule has 0 aliphatic heterocycles. The summed E-state index contributed by atoms with van der Waals surface area (Å²) in [7, 11) is 3.51. The minimum atomic E-state index is -0.201.